The van der Waals surface area contributed by atoms with Crippen LogP contribution in [-0.4, -0.2) is 24.1 Å². The number of hydrogen-bond acceptors (Lipinski definition) is 5. The highest BCUT2D eigenvalue weighted by Gasteiger charge is 2.10. The van der Waals surface area contributed by atoms with Gasteiger partial charge in [-0.3, -0.25) is 0 Å². The van der Waals surface area contributed by atoms with E-state index in [1.807, 2.05) is 24.1 Å². The number of ether oxygens (including phenoxy) is 1. The van der Waals surface area contributed by atoms with Crippen LogP contribution in [0.15, 0.2) is 22.8 Å². The molecule has 18 heavy (non-hydrogen) atoms. The molecule has 2 heterocycles. The Balaban J connectivity index is 2.15. The molecule has 96 valence electrons. The van der Waals surface area contributed by atoms with Crippen molar-refractivity contribution >= 4 is 44.8 Å². The molecule has 0 N–H and O–H groups in total. The monoisotopic (exact) mass is 347 g/mol. The van der Waals surface area contributed by atoms with Crippen molar-refractivity contribution in [2.75, 3.05) is 19.1 Å². The van der Waals surface area contributed by atoms with Gasteiger partial charge in [0, 0.05) is 11.9 Å². The Morgan fingerprint density at radius 3 is 2.89 bits per heavy atom. The van der Waals surface area contributed by atoms with Gasteiger partial charge < -0.3 is 9.64 Å². The Morgan fingerprint density at radius 1 is 1.50 bits per heavy atom. The van der Waals surface area contributed by atoms with Crippen LogP contribution in [0.4, 0.5) is 5.95 Å². The van der Waals surface area contributed by atoms with Crippen LogP contribution in [0.5, 0.6) is 5.88 Å². The summed E-state index contributed by atoms with van der Waals surface area (Å²) >= 11 is 10.8. The predicted molar refractivity (Wildman–Crippen MR) is 77.7 cm³/mol. The van der Waals surface area contributed by atoms with Crippen LogP contribution in [0, 0.1) is 0 Å². The third kappa shape index (κ3) is 3.13. The molecule has 0 bridgehead atoms. The van der Waals surface area contributed by atoms with E-state index in [-0.39, 0.29) is 0 Å². The molecule has 4 nitrogen and oxygen atoms in total. The lowest BCUT2D eigenvalue weighted by Crippen LogP contribution is -2.18. The van der Waals surface area contributed by atoms with Crippen LogP contribution in [-0.2, 0) is 6.54 Å². The van der Waals surface area contributed by atoms with Gasteiger partial charge in [-0.05, 0) is 28.1 Å². The molecular weight excluding hydrogens is 338 g/mol. The minimum absolute atomic E-state index is 0.524. The lowest BCUT2D eigenvalue weighted by molar-refractivity contribution is 0.394. The van der Waals surface area contributed by atoms with Gasteiger partial charge in [0.2, 0.25) is 11.8 Å². The quantitative estimate of drug-likeness (QED) is 0.846. The van der Waals surface area contributed by atoms with Crippen molar-refractivity contribution in [2.24, 2.45) is 0 Å². The fourth-order valence-electron chi connectivity index (χ4n) is 1.41. The Kier molecular flexibility index (Phi) is 4.42. The molecule has 2 rings (SSSR count). The minimum atomic E-state index is 0.524. The molecule has 0 aliphatic heterocycles. The maximum atomic E-state index is 5.90. The molecule has 0 amide bonds. The second kappa shape index (κ2) is 5.86. The Hall–Kier alpha value is -0.850. The lowest BCUT2D eigenvalue weighted by atomic mass is 10.4. The van der Waals surface area contributed by atoms with Gasteiger partial charge in [0.05, 0.1) is 28.7 Å². The molecule has 0 saturated carbocycles. The molecule has 0 aliphatic rings. The van der Waals surface area contributed by atoms with Crippen molar-refractivity contribution in [3.63, 3.8) is 0 Å². The van der Waals surface area contributed by atoms with Gasteiger partial charge in [-0.1, -0.05) is 11.6 Å². The standard InChI is InChI=1S/C11H11BrClN3OS/c1-16(6-7-3-4-9(13)18-7)11-14-5-8(12)10(15-11)17-2/h3-5H,6H2,1-2H3. The van der Waals surface area contributed by atoms with Gasteiger partial charge in [-0.25, -0.2) is 4.98 Å². The first kappa shape index (κ1) is 13.6. The molecule has 0 radical (unpaired) electrons. The van der Waals surface area contributed by atoms with Gasteiger partial charge in [-0.2, -0.15) is 4.98 Å². The van der Waals surface area contributed by atoms with Crippen LogP contribution in [0.3, 0.4) is 0 Å². The van der Waals surface area contributed by atoms with E-state index in [4.69, 9.17) is 16.3 Å². The Bertz CT molecular complexity index is 549. The molecule has 0 aromatic carbocycles. The highest BCUT2D eigenvalue weighted by Crippen LogP contribution is 2.26. The zero-order valence-electron chi connectivity index (χ0n) is 9.85. The molecule has 2 aromatic rings. The summed E-state index contributed by atoms with van der Waals surface area (Å²) in [6.45, 7) is 0.710. The largest absolute Gasteiger partial charge is 0.480 e. The Labute approximate surface area is 123 Å². The van der Waals surface area contributed by atoms with E-state index in [0.29, 0.717) is 18.4 Å². The van der Waals surface area contributed by atoms with Gasteiger partial charge >= 0.3 is 0 Å². The summed E-state index contributed by atoms with van der Waals surface area (Å²) in [4.78, 5) is 11.7. The van der Waals surface area contributed by atoms with Crippen molar-refractivity contribution in [3.8, 4) is 5.88 Å². The van der Waals surface area contributed by atoms with Gasteiger partial charge in [0.25, 0.3) is 0 Å². The number of hydrogen-bond donors (Lipinski definition) is 0. The number of anilines is 1. The second-order valence-corrected chi connectivity index (χ2v) is 6.24. The van der Waals surface area contributed by atoms with E-state index in [0.717, 1.165) is 13.7 Å². The first-order chi connectivity index (χ1) is 8.60. The number of halogens is 2. The molecule has 7 heteroatoms. The van der Waals surface area contributed by atoms with Crippen LogP contribution in [0.25, 0.3) is 0 Å². The minimum Gasteiger partial charge on any atom is -0.480 e. The zero-order valence-corrected chi connectivity index (χ0v) is 13.0. The SMILES string of the molecule is COc1nc(N(C)Cc2ccc(Cl)s2)ncc1Br. The van der Waals surface area contributed by atoms with Crippen molar-refractivity contribution in [2.45, 2.75) is 6.54 Å². The summed E-state index contributed by atoms with van der Waals surface area (Å²) in [5, 5.41) is 0. The first-order valence-corrected chi connectivity index (χ1v) is 7.11. The molecule has 0 fully saturated rings. The van der Waals surface area contributed by atoms with Gasteiger partial charge in [0.1, 0.15) is 0 Å². The van der Waals surface area contributed by atoms with Gasteiger partial charge in [-0.15, -0.1) is 11.3 Å². The topological polar surface area (TPSA) is 38.2 Å². The van der Waals surface area contributed by atoms with Crippen LogP contribution in [0.1, 0.15) is 4.88 Å². The number of methoxy groups -OCH3 is 1. The summed E-state index contributed by atoms with van der Waals surface area (Å²) in [6, 6.07) is 3.89. The highest BCUT2D eigenvalue weighted by molar-refractivity contribution is 9.10. The molecule has 0 atom stereocenters. The molecule has 0 aliphatic carbocycles. The van der Waals surface area contributed by atoms with E-state index in [1.54, 1.807) is 24.6 Å². The first-order valence-electron chi connectivity index (χ1n) is 5.12. The smallest absolute Gasteiger partial charge is 0.232 e. The van der Waals surface area contributed by atoms with E-state index in [1.165, 1.54) is 0 Å². The molecular formula is C11H11BrClN3OS. The van der Waals surface area contributed by atoms with Gasteiger partial charge in [0.15, 0.2) is 0 Å². The maximum Gasteiger partial charge on any atom is 0.232 e. The fourth-order valence-corrected chi connectivity index (χ4v) is 2.91. The number of nitrogens with zero attached hydrogens (tertiary/aromatic N) is 3. The predicted octanol–water partition coefficient (Wildman–Crippen LogP) is 3.60. The normalized spacial score (nSPS) is 10.4. The van der Waals surface area contributed by atoms with E-state index in [2.05, 4.69) is 25.9 Å². The molecule has 0 unspecified atom stereocenters. The van der Waals surface area contributed by atoms with Crippen molar-refractivity contribution in [3.05, 3.63) is 32.0 Å². The summed E-state index contributed by atoms with van der Waals surface area (Å²) in [6.07, 6.45) is 1.68. The van der Waals surface area contributed by atoms with Crippen LogP contribution < -0.4 is 9.64 Å². The molecule has 0 saturated heterocycles. The second-order valence-electron chi connectivity index (χ2n) is 3.59. The summed E-state index contributed by atoms with van der Waals surface area (Å²) in [5.41, 5.74) is 0. The Morgan fingerprint density at radius 2 is 2.28 bits per heavy atom. The van der Waals surface area contributed by atoms with E-state index in [9.17, 15) is 0 Å². The number of thiophene rings is 1. The number of aromatic nitrogens is 2. The molecule has 0 spiro atoms. The van der Waals surface area contributed by atoms with E-state index >= 15 is 0 Å². The van der Waals surface area contributed by atoms with Crippen LogP contribution in [0.2, 0.25) is 4.34 Å². The summed E-state index contributed by atoms with van der Waals surface area (Å²) < 4.78 is 6.67. The van der Waals surface area contributed by atoms with E-state index < -0.39 is 0 Å². The summed E-state index contributed by atoms with van der Waals surface area (Å²) in [5.74, 6) is 1.13. The van der Waals surface area contributed by atoms with Crippen molar-refractivity contribution < 1.29 is 4.74 Å². The maximum absolute atomic E-state index is 5.90. The fraction of sp³-hybridized carbons (Fsp3) is 0.273. The third-order valence-electron chi connectivity index (χ3n) is 2.26. The lowest BCUT2D eigenvalue weighted by Gasteiger charge is -2.16. The zero-order chi connectivity index (χ0) is 13.1. The highest BCUT2D eigenvalue weighted by atomic mass is 79.9. The van der Waals surface area contributed by atoms with Crippen LogP contribution >= 0.6 is 38.9 Å². The van der Waals surface area contributed by atoms with Crippen molar-refractivity contribution in [1.82, 2.24) is 9.97 Å². The third-order valence-corrected chi connectivity index (χ3v) is 4.02. The summed E-state index contributed by atoms with van der Waals surface area (Å²) in [7, 11) is 3.51. The average molecular weight is 349 g/mol. The molecule has 2 aromatic heterocycles. The average Bonchev–Trinajstić information content (AvgIpc) is 2.75. The number of rotatable bonds is 4. The van der Waals surface area contributed by atoms with Crippen molar-refractivity contribution in [1.29, 1.82) is 0 Å².